The van der Waals surface area contributed by atoms with E-state index in [-0.39, 0.29) is 17.5 Å². The Labute approximate surface area is 113 Å². The number of benzene rings is 1. The first kappa shape index (κ1) is 12.8. The molecule has 0 spiro atoms. The Morgan fingerprint density at radius 2 is 2.18 bits per heavy atom. The highest BCUT2D eigenvalue weighted by Crippen LogP contribution is 2.29. The van der Waals surface area contributed by atoms with E-state index in [0.29, 0.717) is 23.4 Å². The Morgan fingerprint density at radius 1 is 1.41 bits per heavy atom. The van der Waals surface area contributed by atoms with E-state index in [0.717, 1.165) is 17.3 Å². The van der Waals surface area contributed by atoms with Crippen LogP contribution >= 0.6 is 27.5 Å². The van der Waals surface area contributed by atoms with Crippen molar-refractivity contribution in [3.8, 4) is 0 Å². The van der Waals surface area contributed by atoms with Crippen LogP contribution in [0.3, 0.4) is 0 Å². The molecule has 1 atom stereocenters. The third-order valence-electron chi connectivity index (χ3n) is 3.05. The number of hydrogen-bond acceptors (Lipinski definition) is 2. The standard InChI is InChI=1S/C13H12BrClO2/c14-9-4-5-12(15)11(7-9)13(17)8-2-1-3-10(16)6-8/h4-5,7-8H,1-3,6H2. The summed E-state index contributed by atoms with van der Waals surface area (Å²) >= 11 is 9.34. The second kappa shape index (κ2) is 5.32. The Morgan fingerprint density at radius 3 is 2.88 bits per heavy atom. The average molecular weight is 316 g/mol. The highest BCUT2D eigenvalue weighted by atomic mass is 79.9. The van der Waals surface area contributed by atoms with E-state index < -0.39 is 0 Å². The number of carbonyl (C=O) groups is 2. The van der Waals surface area contributed by atoms with E-state index in [1.165, 1.54) is 0 Å². The fourth-order valence-corrected chi connectivity index (χ4v) is 2.73. The van der Waals surface area contributed by atoms with Crippen molar-refractivity contribution < 1.29 is 9.59 Å². The van der Waals surface area contributed by atoms with Crippen molar-refractivity contribution in [3.05, 3.63) is 33.3 Å². The van der Waals surface area contributed by atoms with E-state index in [4.69, 9.17) is 11.6 Å². The molecule has 0 bridgehead atoms. The van der Waals surface area contributed by atoms with Crippen molar-refractivity contribution in [2.75, 3.05) is 0 Å². The van der Waals surface area contributed by atoms with Gasteiger partial charge in [-0.3, -0.25) is 9.59 Å². The first-order valence-corrected chi connectivity index (χ1v) is 6.76. The minimum Gasteiger partial charge on any atom is -0.300 e. The average Bonchev–Trinajstić information content (AvgIpc) is 2.31. The Bertz CT molecular complexity index is 470. The molecule has 2 rings (SSSR count). The van der Waals surface area contributed by atoms with Crippen LogP contribution in [-0.4, -0.2) is 11.6 Å². The van der Waals surface area contributed by atoms with Crippen molar-refractivity contribution in [3.63, 3.8) is 0 Å². The van der Waals surface area contributed by atoms with Crippen LogP contribution < -0.4 is 0 Å². The highest BCUT2D eigenvalue weighted by molar-refractivity contribution is 9.10. The monoisotopic (exact) mass is 314 g/mol. The van der Waals surface area contributed by atoms with Crippen LogP contribution in [0.25, 0.3) is 0 Å². The van der Waals surface area contributed by atoms with Crippen molar-refractivity contribution in [1.82, 2.24) is 0 Å². The minimum atomic E-state index is -0.192. The zero-order valence-electron chi connectivity index (χ0n) is 9.21. The number of Topliss-reactive ketones (excluding diaryl/α,β-unsaturated/α-hetero) is 2. The first-order valence-electron chi connectivity index (χ1n) is 5.59. The number of ketones is 2. The number of hydrogen-bond donors (Lipinski definition) is 0. The summed E-state index contributed by atoms with van der Waals surface area (Å²) in [5.74, 6) is -0.0203. The number of halogens is 2. The molecule has 0 aromatic heterocycles. The predicted molar refractivity (Wildman–Crippen MR) is 70.4 cm³/mol. The molecule has 17 heavy (non-hydrogen) atoms. The van der Waals surface area contributed by atoms with Crippen molar-refractivity contribution in [2.24, 2.45) is 5.92 Å². The summed E-state index contributed by atoms with van der Waals surface area (Å²) in [6, 6.07) is 5.22. The molecule has 1 unspecified atom stereocenters. The topological polar surface area (TPSA) is 34.1 Å². The van der Waals surface area contributed by atoms with Crippen LogP contribution in [0.2, 0.25) is 5.02 Å². The Kier molecular flexibility index (Phi) is 4.00. The van der Waals surface area contributed by atoms with Crippen LogP contribution in [0.4, 0.5) is 0 Å². The van der Waals surface area contributed by atoms with Gasteiger partial charge >= 0.3 is 0 Å². The van der Waals surface area contributed by atoms with Gasteiger partial charge in [0.25, 0.3) is 0 Å². The summed E-state index contributed by atoms with van der Waals surface area (Å²) in [7, 11) is 0. The molecule has 2 nitrogen and oxygen atoms in total. The van der Waals surface area contributed by atoms with Gasteiger partial charge in [0.1, 0.15) is 5.78 Å². The molecule has 4 heteroatoms. The minimum absolute atomic E-state index is 0.00986. The van der Waals surface area contributed by atoms with Crippen molar-refractivity contribution in [1.29, 1.82) is 0 Å². The van der Waals surface area contributed by atoms with Gasteiger partial charge in [-0.15, -0.1) is 0 Å². The zero-order chi connectivity index (χ0) is 12.4. The fraction of sp³-hybridized carbons (Fsp3) is 0.385. The van der Waals surface area contributed by atoms with Gasteiger partial charge in [0.05, 0.1) is 5.02 Å². The Hall–Kier alpha value is -0.670. The summed E-state index contributed by atoms with van der Waals surface area (Å²) < 4.78 is 0.826. The fourth-order valence-electron chi connectivity index (χ4n) is 2.15. The molecular weight excluding hydrogens is 303 g/mol. The van der Waals surface area contributed by atoms with Crippen LogP contribution in [0.1, 0.15) is 36.0 Å². The molecule has 0 radical (unpaired) electrons. The SMILES string of the molecule is O=C1CCCC(C(=O)c2cc(Br)ccc2Cl)C1. The molecule has 0 heterocycles. The van der Waals surface area contributed by atoms with E-state index in [1.807, 2.05) is 0 Å². The van der Waals surface area contributed by atoms with Gasteiger partial charge in [-0.2, -0.15) is 0 Å². The van der Waals surface area contributed by atoms with E-state index in [1.54, 1.807) is 18.2 Å². The molecule has 0 N–H and O–H groups in total. The zero-order valence-corrected chi connectivity index (χ0v) is 11.6. The van der Waals surface area contributed by atoms with Gasteiger partial charge < -0.3 is 0 Å². The van der Waals surface area contributed by atoms with E-state index in [9.17, 15) is 9.59 Å². The second-order valence-corrected chi connectivity index (χ2v) is 5.64. The van der Waals surface area contributed by atoms with Gasteiger partial charge in [0.2, 0.25) is 0 Å². The molecule has 1 aromatic rings. The molecule has 1 aliphatic rings. The van der Waals surface area contributed by atoms with Crippen LogP contribution in [0.15, 0.2) is 22.7 Å². The van der Waals surface area contributed by atoms with Crippen LogP contribution in [-0.2, 0) is 4.79 Å². The molecule has 0 aliphatic heterocycles. The Balaban J connectivity index is 2.24. The lowest BCUT2D eigenvalue weighted by atomic mass is 9.83. The van der Waals surface area contributed by atoms with Crippen LogP contribution in [0, 0.1) is 5.92 Å². The summed E-state index contributed by atoms with van der Waals surface area (Å²) in [5.41, 5.74) is 0.515. The molecule has 90 valence electrons. The summed E-state index contributed by atoms with van der Waals surface area (Å²) in [4.78, 5) is 23.6. The summed E-state index contributed by atoms with van der Waals surface area (Å²) in [5, 5.41) is 0.455. The van der Waals surface area contributed by atoms with Gasteiger partial charge in [0, 0.05) is 28.8 Å². The maximum absolute atomic E-state index is 12.3. The third kappa shape index (κ3) is 2.96. The van der Waals surface area contributed by atoms with Crippen molar-refractivity contribution in [2.45, 2.75) is 25.7 Å². The van der Waals surface area contributed by atoms with Crippen LogP contribution in [0.5, 0.6) is 0 Å². The highest BCUT2D eigenvalue weighted by Gasteiger charge is 2.27. The van der Waals surface area contributed by atoms with Gasteiger partial charge in [-0.1, -0.05) is 27.5 Å². The lowest BCUT2D eigenvalue weighted by Crippen LogP contribution is -2.23. The first-order chi connectivity index (χ1) is 8.08. The lowest BCUT2D eigenvalue weighted by molar-refractivity contribution is -0.121. The van der Waals surface area contributed by atoms with E-state index in [2.05, 4.69) is 15.9 Å². The molecule has 0 amide bonds. The molecule has 0 saturated heterocycles. The van der Waals surface area contributed by atoms with Gasteiger partial charge in [0.15, 0.2) is 5.78 Å². The quantitative estimate of drug-likeness (QED) is 0.772. The summed E-state index contributed by atoms with van der Waals surface area (Å²) in [6.45, 7) is 0. The third-order valence-corrected chi connectivity index (χ3v) is 3.87. The largest absolute Gasteiger partial charge is 0.300 e. The molecule has 1 saturated carbocycles. The maximum atomic E-state index is 12.3. The van der Waals surface area contributed by atoms with Gasteiger partial charge in [-0.05, 0) is 31.0 Å². The maximum Gasteiger partial charge on any atom is 0.167 e. The smallest absolute Gasteiger partial charge is 0.167 e. The molecule has 1 fully saturated rings. The second-order valence-electron chi connectivity index (χ2n) is 4.32. The summed E-state index contributed by atoms with van der Waals surface area (Å²) in [6.07, 6.45) is 2.56. The predicted octanol–water partition coefficient (Wildman–Crippen LogP) is 4.04. The lowest BCUT2D eigenvalue weighted by Gasteiger charge is -2.20. The molecule has 1 aliphatic carbocycles. The molecular formula is C13H12BrClO2. The van der Waals surface area contributed by atoms with Gasteiger partial charge in [-0.25, -0.2) is 0 Å². The number of rotatable bonds is 2. The van der Waals surface area contributed by atoms with Crippen molar-refractivity contribution >= 4 is 39.1 Å². The van der Waals surface area contributed by atoms with E-state index >= 15 is 0 Å². The molecule has 1 aromatic carbocycles. The normalized spacial score (nSPS) is 20.4. The number of carbonyl (C=O) groups excluding carboxylic acids is 2.